The molecule has 0 N–H and O–H groups in total. The van der Waals surface area contributed by atoms with Gasteiger partial charge in [0, 0.05) is 18.4 Å². The lowest BCUT2D eigenvalue weighted by molar-refractivity contribution is -0.196. The van der Waals surface area contributed by atoms with Crippen molar-refractivity contribution < 1.29 is 23.9 Å². The number of rotatable bonds is 7. The summed E-state index contributed by atoms with van der Waals surface area (Å²) in [7, 11) is 1.49. The SMILES string of the molecule is COC(=O)C1(C)CCCC2(C)C1CCC13C=C(C(C)C)C(CC21)C1C(=O)N(CCCC(=O)CCl)C(=O)C13. The second-order valence-electron chi connectivity index (χ2n) is 13.3. The van der Waals surface area contributed by atoms with Crippen molar-refractivity contribution in [2.24, 2.45) is 51.8 Å². The number of likely N-dealkylation sites (tertiary alicyclic amines) is 1. The molecule has 1 spiro atoms. The molecule has 0 aromatic heterocycles. The summed E-state index contributed by atoms with van der Waals surface area (Å²) in [4.78, 5) is 54.2. The molecule has 2 amide bonds. The Morgan fingerprint density at radius 2 is 1.86 bits per heavy atom. The Kier molecular flexibility index (Phi) is 6.69. The molecule has 2 bridgehead atoms. The molecule has 0 radical (unpaired) electrons. The van der Waals surface area contributed by atoms with Gasteiger partial charge in [0.05, 0.1) is 30.2 Å². The summed E-state index contributed by atoms with van der Waals surface area (Å²) in [5.41, 5.74) is 0.379. The molecule has 1 saturated heterocycles. The molecule has 204 valence electrons. The fourth-order valence-corrected chi connectivity index (χ4v) is 10.1. The molecule has 8 unspecified atom stereocenters. The van der Waals surface area contributed by atoms with Gasteiger partial charge in [0.15, 0.2) is 0 Å². The van der Waals surface area contributed by atoms with Crippen LogP contribution in [0.3, 0.4) is 0 Å². The van der Waals surface area contributed by atoms with Gasteiger partial charge in [0.1, 0.15) is 5.78 Å². The number of alkyl halides is 1. The molecule has 7 heteroatoms. The average Bonchev–Trinajstić information content (AvgIpc) is 3.14. The van der Waals surface area contributed by atoms with Crippen molar-refractivity contribution in [2.45, 2.75) is 79.1 Å². The largest absolute Gasteiger partial charge is 0.469 e. The molecular weight excluding hydrogens is 490 g/mol. The normalized spacial score (nSPS) is 42.3. The van der Waals surface area contributed by atoms with E-state index in [1.807, 2.05) is 0 Å². The van der Waals surface area contributed by atoms with E-state index in [0.29, 0.717) is 12.3 Å². The monoisotopic (exact) mass is 531 g/mol. The van der Waals surface area contributed by atoms with E-state index in [-0.39, 0.29) is 82.8 Å². The van der Waals surface area contributed by atoms with Crippen LogP contribution in [-0.4, -0.2) is 48.0 Å². The number of ketones is 1. The van der Waals surface area contributed by atoms with Gasteiger partial charge in [-0.05, 0) is 74.5 Å². The van der Waals surface area contributed by atoms with Crippen LogP contribution >= 0.6 is 11.6 Å². The zero-order valence-corrected chi connectivity index (χ0v) is 23.7. The van der Waals surface area contributed by atoms with Crippen LogP contribution in [0.2, 0.25) is 0 Å². The Morgan fingerprint density at radius 1 is 1.14 bits per heavy atom. The van der Waals surface area contributed by atoms with Gasteiger partial charge in [0.2, 0.25) is 11.8 Å². The number of Topliss-reactive ketones (excluding diaryl/α,β-unsaturated/α-hetero) is 1. The van der Waals surface area contributed by atoms with E-state index in [1.54, 1.807) is 0 Å². The van der Waals surface area contributed by atoms with Crippen LogP contribution in [0.25, 0.3) is 0 Å². The maximum absolute atomic E-state index is 14.0. The number of amides is 2. The number of halogens is 1. The Labute approximate surface area is 225 Å². The highest BCUT2D eigenvalue weighted by Crippen LogP contribution is 2.74. The van der Waals surface area contributed by atoms with Crippen LogP contribution in [0, 0.1) is 51.8 Å². The number of fused-ring (bicyclic) bond motifs is 1. The first-order chi connectivity index (χ1) is 17.5. The predicted octanol–water partition coefficient (Wildman–Crippen LogP) is 5.17. The molecule has 0 aromatic rings. The number of imide groups is 1. The Balaban J connectivity index is 1.54. The van der Waals surface area contributed by atoms with Crippen LogP contribution in [0.4, 0.5) is 0 Å². The van der Waals surface area contributed by atoms with E-state index in [0.717, 1.165) is 38.5 Å². The van der Waals surface area contributed by atoms with Gasteiger partial charge in [0.25, 0.3) is 0 Å². The number of carbonyl (C=O) groups excluding carboxylic acids is 4. The van der Waals surface area contributed by atoms with Crippen LogP contribution < -0.4 is 0 Å². The summed E-state index contributed by atoms with van der Waals surface area (Å²) in [6.45, 7) is 9.14. The molecule has 1 aliphatic heterocycles. The van der Waals surface area contributed by atoms with Crippen molar-refractivity contribution in [1.82, 2.24) is 4.90 Å². The lowest BCUT2D eigenvalue weighted by Crippen LogP contribution is -2.65. The summed E-state index contributed by atoms with van der Waals surface area (Å²) in [5.74, 6) is -0.0885. The van der Waals surface area contributed by atoms with Crippen molar-refractivity contribution in [3.05, 3.63) is 11.6 Å². The number of esters is 1. The number of carbonyl (C=O) groups is 4. The highest BCUT2D eigenvalue weighted by Gasteiger charge is 2.73. The lowest BCUT2D eigenvalue weighted by Gasteiger charge is -2.68. The third-order valence-electron chi connectivity index (χ3n) is 11.4. The minimum atomic E-state index is -0.513. The summed E-state index contributed by atoms with van der Waals surface area (Å²) in [6.07, 6.45) is 8.64. The average molecular weight is 532 g/mol. The Morgan fingerprint density at radius 3 is 2.51 bits per heavy atom. The fourth-order valence-electron chi connectivity index (χ4n) is 9.96. The van der Waals surface area contributed by atoms with Crippen molar-refractivity contribution in [3.63, 3.8) is 0 Å². The third-order valence-corrected chi connectivity index (χ3v) is 11.7. The molecule has 6 nitrogen and oxygen atoms in total. The number of methoxy groups -OCH3 is 1. The van der Waals surface area contributed by atoms with E-state index >= 15 is 0 Å². The number of allylic oxidation sites excluding steroid dienone is 2. The van der Waals surface area contributed by atoms with E-state index < -0.39 is 5.41 Å². The minimum absolute atomic E-state index is 0.0358. The minimum Gasteiger partial charge on any atom is -0.469 e. The lowest BCUT2D eigenvalue weighted by atomic mass is 9.34. The van der Waals surface area contributed by atoms with Crippen molar-refractivity contribution >= 4 is 35.2 Å². The third kappa shape index (κ3) is 3.63. The molecule has 0 aromatic carbocycles. The van der Waals surface area contributed by atoms with E-state index in [1.165, 1.54) is 17.6 Å². The van der Waals surface area contributed by atoms with Gasteiger partial charge in [-0.3, -0.25) is 24.1 Å². The second-order valence-corrected chi connectivity index (χ2v) is 13.5. The quantitative estimate of drug-likeness (QED) is 0.196. The molecule has 6 rings (SSSR count). The van der Waals surface area contributed by atoms with Gasteiger partial charge < -0.3 is 4.74 Å². The summed E-state index contributed by atoms with van der Waals surface area (Å²) in [6, 6.07) is 0. The van der Waals surface area contributed by atoms with E-state index in [2.05, 4.69) is 33.8 Å². The highest BCUT2D eigenvalue weighted by molar-refractivity contribution is 6.27. The predicted molar refractivity (Wildman–Crippen MR) is 140 cm³/mol. The van der Waals surface area contributed by atoms with Crippen LogP contribution in [0.1, 0.15) is 79.1 Å². The summed E-state index contributed by atoms with van der Waals surface area (Å²) < 4.78 is 5.32. The second kappa shape index (κ2) is 9.20. The molecule has 5 aliphatic carbocycles. The first kappa shape index (κ1) is 26.9. The molecule has 37 heavy (non-hydrogen) atoms. The summed E-state index contributed by atoms with van der Waals surface area (Å²) in [5, 5.41) is 0. The fraction of sp³-hybridized carbons (Fsp3) is 0.800. The van der Waals surface area contributed by atoms with E-state index in [4.69, 9.17) is 16.3 Å². The van der Waals surface area contributed by atoms with E-state index in [9.17, 15) is 19.2 Å². The molecule has 8 atom stereocenters. The van der Waals surface area contributed by atoms with Gasteiger partial charge in [-0.2, -0.15) is 0 Å². The molecule has 6 aliphatic rings. The van der Waals surface area contributed by atoms with Gasteiger partial charge in [-0.1, -0.05) is 38.8 Å². The van der Waals surface area contributed by atoms with Crippen LogP contribution in [-0.2, 0) is 23.9 Å². The Bertz CT molecular complexity index is 1050. The Hall–Kier alpha value is -1.69. The zero-order valence-electron chi connectivity index (χ0n) is 23.0. The highest BCUT2D eigenvalue weighted by atomic mass is 35.5. The maximum Gasteiger partial charge on any atom is 0.311 e. The zero-order chi connectivity index (χ0) is 26.9. The number of hydrogen-bond acceptors (Lipinski definition) is 5. The number of nitrogens with zero attached hydrogens (tertiary/aromatic N) is 1. The van der Waals surface area contributed by atoms with Gasteiger partial charge >= 0.3 is 5.97 Å². The van der Waals surface area contributed by atoms with Crippen LogP contribution in [0.15, 0.2) is 11.6 Å². The number of hydrogen-bond donors (Lipinski definition) is 0. The molecule has 4 fully saturated rings. The van der Waals surface area contributed by atoms with Crippen LogP contribution in [0.5, 0.6) is 0 Å². The first-order valence-corrected chi connectivity index (χ1v) is 14.7. The number of ether oxygens (including phenoxy) is 1. The van der Waals surface area contributed by atoms with Crippen molar-refractivity contribution in [3.8, 4) is 0 Å². The van der Waals surface area contributed by atoms with Gasteiger partial charge in [-0.25, -0.2) is 0 Å². The van der Waals surface area contributed by atoms with Crippen molar-refractivity contribution in [2.75, 3.05) is 19.5 Å². The molecular formula is C30H42ClNO5. The standard InChI is InChI=1S/C30H42ClNO5/c1-17(2)20-15-30-12-9-21-28(3,10-7-11-29(21,4)27(36)37-5)22(30)14-19(20)23-24(30)26(35)32(25(23)34)13-6-8-18(33)16-31/h15,17,19,21-24H,6-14,16H2,1-5H3. The molecule has 3 saturated carbocycles. The molecule has 1 heterocycles. The topological polar surface area (TPSA) is 80.8 Å². The summed E-state index contributed by atoms with van der Waals surface area (Å²) >= 11 is 5.66. The van der Waals surface area contributed by atoms with Gasteiger partial charge in [-0.15, -0.1) is 11.6 Å². The van der Waals surface area contributed by atoms with Crippen molar-refractivity contribution in [1.29, 1.82) is 0 Å². The smallest absolute Gasteiger partial charge is 0.311 e. The first-order valence-electron chi connectivity index (χ1n) is 14.2. The maximum atomic E-state index is 14.0.